The molecule has 1 aromatic heterocycles. The Morgan fingerprint density at radius 2 is 1.93 bits per heavy atom. The maximum Gasteiger partial charge on any atom is 0.305 e. The third kappa shape index (κ3) is 5.15. The van der Waals surface area contributed by atoms with Crippen molar-refractivity contribution >= 4 is 11.9 Å². The highest BCUT2D eigenvalue weighted by Gasteiger charge is 2.42. The highest BCUT2D eigenvalue weighted by Crippen LogP contribution is 2.53. The summed E-state index contributed by atoms with van der Waals surface area (Å²) in [4.78, 5) is 23.0. The number of aliphatic carboxylic acids is 1. The summed E-state index contributed by atoms with van der Waals surface area (Å²) in [5.74, 6) is 0.739. The number of methoxy groups -OCH3 is 1. The van der Waals surface area contributed by atoms with Crippen LogP contribution >= 0.6 is 0 Å². The van der Waals surface area contributed by atoms with Crippen LogP contribution in [0.3, 0.4) is 0 Å². The van der Waals surface area contributed by atoms with Gasteiger partial charge in [0.2, 0.25) is 0 Å². The van der Waals surface area contributed by atoms with E-state index in [1.54, 1.807) is 0 Å². The van der Waals surface area contributed by atoms with Gasteiger partial charge in [0.15, 0.2) is 0 Å². The molecule has 0 bridgehead atoms. The molecule has 2 aliphatic rings. The second-order valence-electron chi connectivity index (χ2n) is 9.83. The third-order valence-electron chi connectivity index (χ3n) is 6.01. The zero-order valence-electron chi connectivity index (χ0n) is 17.5. The lowest BCUT2D eigenvalue weighted by molar-refractivity contribution is -0.142. The van der Waals surface area contributed by atoms with Crippen molar-refractivity contribution < 1.29 is 24.0 Å². The number of carbonyl (C=O) groups excluding carboxylic acids is 1. The Morgan fingerprint density at radius 3 is 2.46 bits per heavy atom. The number of carboxylic acids is 1. The highest BCUT2D eigenvalue weighted by atomic mass is 16.5. The first-order chi connectivity index (χ1) is 13.2. The molecule has 2 aliphatic carbocycles. The van der Waals surface area contributed by atoms with Crippen molar-refractivity contribution in [1.29, 1.82) is 0 Å². The molecule has 0 amide bonds. The summed E-state index contributed by atoms with van der Waals surface area (Å²) in [7, 11) is 1.35. The maximum absolute atomic E-state index is 11.6. The Labute approximate surface area is 167 Å². The molecule has 156 valence electrons. The second kappa shape index (κ2) is 8.26. The second-order valence-corrected chi connectivity index (χ2v) is 9.83. The van der Waals surface area contributed by atoms with Crippen LogP contribution < -0.4 is 0 Å². The number of aromatic nitrogens is 1. The van der Waals surface area contributed by atoms with E-state index in [2.05, 4.69) is 25.9 Å². The van der Waals surface area contributed by atoms with Crippen LogP contribution in [0.15, 0.2) is 4.52 Å². The first kappa shape index (κ1) is 20.9. The van der Waals surface area contributed by atoms with Crippen molar-refractivity contribution in [3.63, 3.8) is 0 Å². The maximum atomic E-state index is 11.6. The Bertz CT molecular complexity index is 707. The molecule has 0 aliphatic heterocycles. The summed E-state index contributed by atoms with van der Waals surface area (Å²) in [6.45, 7) is 6.84. The normalized spacial score (nSPS) is 23.1. The number of carboxylic acid groups (broad SMARTS) is 1. The standard InChI is InChI=1S/C22H33NO5/c1-22(2,3)12-13-9-16(10-13)20-19(14-5-6-14)21(28-23-20)15(11-17(24)25)7-8-18(26)27-4/h13-16H,5-12H2,1-4H3,(H,24,25)/t13-,15-,16+/m0/s1. The molecule has 6 nitrogen and oxygen atoms in total. The van der Waals surface area contributed by atoms with Crippen LogP contribution in [-0.4, -0.2) is 29.3 Å². The number of hydrogen-bond donors (Lipinski definition) is 1. The van der Waals surface area contributed by atoms with Crippen molar-refractivity contribution in [2.75, 3.05) is 7.11 Å². The predicted octanol–water partition coefficient (Wildman–Crippen LogP) is 4.99. The third-order valence-corrected chi connectivity index (χ3v) is 6.01. The van der Waals surface area contributed by atoms with Crippen molar-refractivity contribution in [3.05, 3.63) is 17.0 Å². The SMILES string of the molecule is COC(=O)CC[C@@H](CC(=O)O)c1onc([C@H]2C[C@@H](CC(C)(C)C)C2)c1C1CC1. The first-order valence-electron chi connectivity index (χ1n) is 10.5. The average Bonchev–Trinajstić information content (AvgIpc) is 3.32. The first-order valence-corrected chi connectivity index (χ1v) is 10.5. The molecular weight excluding hydrogens is 358 g/mol. The summed E-state index contributed by atoms with van der Waals surface area (Å²) in [6.07, 6.45) is 6.24. The zero-order valence-corrected chi connectivity index (χ0v) is 17.5. The lowest BCUT2D eigenvalue weighted by Gasteiger charge is -2.38. The van der Waals surface area contributed by atoms with Crippen LogP contribution in [0.1, 0.15) is 107 Å². The number of hydrogen-bond acceptors (Lipinski definition) is 5. The van der Waals surface area contributed by atoms with Gasteiger partial charge >= 0.3 is 11.9 Å². The van der Waals surface area contributed by atoms with Crippen molar-refractivity contribution in [2.24, 2.45) is 11.3 Å². The number of esters is 1. The fourth-order valence-corrected chi connectivity index (χ4v) is 4.62. The van der Waals surface area contributed by atoms with Gasteiger partial charge in [-0.1, -0.05) is 25.9 Å². The van der Waals surface area contributed by atoms with Crippen molar-refractivity contribution in [3.8, 4) is 0 Å². The van der Waals surface area contributed by atoms with Crippen molar-refractivity contribution in [1.82, 2.24) is 5.16 Å². The van der Waals surface area contributed by atoms with Crippen LogP contribution in [0.4, 0.5) is 0 Å². The van der Waals surface area contributed by atoms with Gasteiger partial charge < -0.3 is 14.4 Å². The molecule has 0 saturated heterocycles. The van der Waals surface area contributed by atoms with E-state index >= 15 is 0 Å². The van der Waals surface area contributed by atoms with Crippen LogP contribution in [-0.2, 0) is 14.3 Å². The summed E-state index contributed by atoms with van der Waals surface area (Å²) in [5.41, 5.74) is 2.54. The fourth-order valence-electron chi connectivity index (χ4n) is 4.62. The van der Waals surface area contributed by atoms with Gasteiger partial charge in [0.05, 0.1) is 19.2 Å². The number of carbonyl (C=O) groups is 2. The zero-order chi connectivity index (χ0) is 20.5. The molecule has 0 radical (unpaired) electrons. The topological polar surface area (TPSA) is 89.6 Å². The molecule has 0 spiro atoms. The van der Waals surface area contributed by atoms with Crippen LogP contribution in [0, 0.1) is 11.3 Å². The molecule has 0 unspecified atom stereocenters. The predicted molar refractivity (Wildman–Crippen MR) is 104 cm³/mol. The number of nitrogens with zero attached hydrogens (tertiary/aromatic N) is 1. The lowest BCUT2D eigenvalue weighted by Crippen LogP contribution is -2.27. The number of ether oxygens (including phenoxy) is 1. The van der Waals surface area contributed by atoms with E-state index in [0.717, 1.165) is 42.9 Å². The minimum absolute atomic E-state index is 0.0529. The molecule has 3 rings (SSSR count). The average molecular weight is 392 g/mol. The fraction of sp³-hybridized carbons (Fsp3) is 0.773. The van der Waals surface area contributed by atoms with Gasteiger partial charge in [0.1, 0.15) is 5.76 Å². The van der Waals surface area contributed by atoms with Gasteiger partial charge in [-0.3, -0.25) is 9.59 Å². The molecule has 1 atom stereocenters. The molecule has 2 fully saturated rings. The highest BCUT2D eigenvalue weighted by molar-refractivity contribution is 5.70. The summed E-state index contributed by atoms with van der Waals surface area (Å²) < 4.78 is 10.5. The van der Waals surface area contributed by atoms with Gasteiger partial charge in [-0.2, -0.15) is 0 Å². The van der Waals surface area contributed by atoms with E-state index in [1.165, 1.54) is 13.5 Å². The van der Waals surface area contributed by atoms with Gasteiger partial charge in [-0.15, -0.1) is 0 Å². The summed E-state index contributed by atoms with van der Waals surface area (Å²) in [6, 6.07) is 0. The molecule has 1 aromatic rings. The quantitative estimate of drug-likeness (QED) is 0.596. The monoisotopic (exact) mass is 391 g/mol. The Kier molecular flexibility index (Phi) is 6.15. The molecule has 6 heteroatoms. The Hall–Kier alpha value is -1.85. The van der Waals surface area contributed by atoms with Gasteiger partial charge in [0.25, 0.3) is 0 Å². The molecule has 1 heterocycles. The summed E-state index contributed by atoms with van der Waals surface area (Å²) >= 11 is 0. The molecular formula is C22H33NO5. The molecule has 0 aromatic carbocycles. The minimum atomic E-state index is -0.886. The largest absolute Gasteiger partial charge is 0.481 e. The van der Waals surface area contributed by atoms with Crippen LogP contribution in [0.5, 0.6) is 0 Å². The lowest BCUT2D eigenvalue weighted by atomic mass is 9.66. The smallest absolute Gasteiger partial charge is 0.305 e. The van der Waals surface area contributed by atoms with Crippen molar-refractivity contribution in [2.45, 2.75) is 89.9 Å². The Balaban J connectivity index is 1.76. The molecule has 2 saturated carbocycles. The van der Waals surface area contributed by atoms with Crippen LogP contribution in [0.2, 0.25) is 0 Å². The minimum Gasteiger partial charge on any atom is -0.481 e. The molecule has 28 heavy (non-hydrogen) atoms. The molecule has 1 N–H and O–H groups in total. The van der Waals surface area contributed by atoms with E-state index in [-0.39, 0.29) is 24.7 Å². The van der Waals surface area contributed by atoms with E-state index in [0.29, 0.717) is 29.4 Å². The van der Waals surface area contributed by atoms with Gasteiger partial charge in [0, 0.05) is 23.8 Å². The van der Waals surface area contributed by atoms with Gasteiger partial charge in [-0.05, 0) is 55.8 Å². The van der Waals surface area contributed by atoms with E-state index in [4.69, 9.17) is 9.26 Å². The van der Waals surface area contributed by atoms with E-state index < -0.39 is 5.97 Å². The van der Waals surface area contributed by atoms with Gasteiger partial charge in [-0.25, -0.2) is 0 Å². The van der Waals surface area contributed by atoms with E-state index in [1.807, 2.05) is 0 Å². The van der Waals surface area contributed by atoms with E-state index in [9.17, 15) is 14.7 Å². The summed E-state index contributed by atoms with van der Waals surface area (Å²) in [5, 5.41) is 13.8. The number of rotatable bonds is 9. The van der Waals surface area contributed by atoms with Crippen LogP contribution in [0.25, 0.3) is 0 Å². The Morgan fingerprint density at radius 1 is 1.25 bits per heavy atom.